The van der Waals surface area contributed by atoms with Crippen LogP contribution in [0.1, 0.15) is 23.9 Å². The number of hydrogen-bond donors (Lipinski definition) is 1. The summed E-state index contributed by atoms with van der Waals surface area (Å²) in [7, 11) is 2.03. The zero-order chi connectivity index (χ0) is 10.6. The molecule has 0 saturated heterocycles. The van der Waals surface area contributed by atoms with Gasteiger partial charge in [0.05, 0.1) is 17.3 Å². The van der Waals surface area contributed by atoms with Gasteiger partial charge >= 0.3 is 0 Å². The average Bonchev–Trinajstić information content (AvgIpc) is 2.51. The van der Waals surface area contributed by atoms with E-state index in [9.17, 15) is 5.11 Å². The Kier molecular flexibility index (Phi) is 4.51. The van der Waals surface area contributed by atoms with Crippen LogP contribution in [0.2, 0.25) is 0 Å². The monoisotopic (exact) mass is 214 g/mol. The highest BCUT2D eigenvalue weighted by atomic mass is 32.1. The summed E-state index contributed by atoms with van der Waals surface area (Å²) in [5.74, 6) is 0. The highest BCUT2D eigenvalue weighted by Gasteiger charge is 2.08. The maximum Gasteiger partial charge on any atom is 0.0798 e. The summed E-state index contributed by atoms with van der Waals surface area (Å²) in [4.78, 5) is 7.62. The molecule has 1 heterocycles. The minimum Gasteiger partial charge on any atom is -0.392 e. The second-order valence-electron chi connectivity index (χ2n) is 3.62. The van der Waals surface area contributed by atoms with Gasteiger partial charge in [-0.25, -0.2) is 4.98 Å². The van der Waals surface area contributed by atoms with Gasteiger partial charge < -0.3 is 5.11 Å². The highest BCUT2D eigenvalue weighted by molar-refractivity contribution is 7.09. The Hall–Kier alpha value is -0.450. The first-order chi connectivity index (χ1) is 6.63. The maximum absolute atomic E-state index is 9.47. The second-order valence-corrected chi connectivity index (χ2v) is 4.56. The van der Waals surface area contributed by atoms with Crippen LogP contribution in [-0.4, -0.2) is 34.7 Å². The summed E-state index contributed by atoms with van der Waals surface area (Å²) in [6.07, 6.45) is 0.597. The molecule has 0 saturated carbocycles. The molecule has 1 aromatic heterocycles. The normalized spacial score (nSPS) is 13.5. The van der Waals surface area contributed by atoms with Crippen molar-refractivity contribution < 1.29 is 5.11 Å². The largest absolute Gasteiger partial charge is 0.392 e. The first kappa shape index (κ1) is 11.6. The molecule has 0 aromatic carbocycles. The quantitative estimate of drug-likeness (QED) is 0.809. The third kappa shape index (κ3) is 3.36. The molecule has 1 atom stereocenters. The summed E-state index contributed by atoms with van der Waals surface area (Å²) < 4.78 is 0. The summed E-state index contributed by atoms with van der Waals surface area (Å²) >= 11 is 1.68. The summed E-state index contributed by atoms with van der Waals surface area (Å²) in [6, 6.07) is 0. The van der Waals surface area contributed by atoms with Crippen LogP contribution in [0.25, 0.3) is 0 Å². The van der Waals surface area contributed by atoms with Gasteiger partial charge in [-0.15, -0.1) is 11.3 Å². The van der Waals surface area contributed by atoms with Gasteiger partial charge in [0, 0.05) is 18.0 Å². The number of rotatable bonds is 5. The Labute approximate surface area is 89.4 Å². The lowest BCUT2D eigenvalue weighted by molar-refractivity contribution is 0.120. The van der Waals surface area contributed by atoms with Crippen LogP contribution in [0.15, 0.2) is 5.51 Å². The molecule has 80 valence electrons. The predicted octanol–water partition coefficient (Wildman–Crippen LogP) is 1.65. The van der Waals surface area contributed by atoms with Gasteiger partial charge in [-0.1, -0.05) is 6.92 Å². The molecule has 0 bridgehead atoms. The van der Waals surface area contributed by atoms with Crippen molar-refractivity contribution in [3.8, 4) is 0 Å². The fraction of sp³-hybridized carbons (Fsp3) is 0.700. The van der Waals surface area contributed by atoms with Crippen LogP contribution < -0.4 is 0 Å². The van der Waals surface area contributed by atoms with Crippen molar-refractivity contribution in [1.29, 1.82) is 0 Å². The fourth-order valence-corrected chi connectivity index (χ4v) is 2.13. The molecule has 1 rings (SSSR count). The summed E-state index contributed by atoms with van der Waals surface area (Å²) in [5.41, 5.74) is 2.97. The van der Waals surface area contributed by atoms with Crippen molar-refractivity contribution in [2.45, 2.75) is 32.9 Å². The van der Waals surface area contributed by atoms with Gasteiger partial charge in [0.2, 0.25) is 0 Å². The van der Waals surface area contributed by atoms with E-state index in [1.165, 1.54) is 4.88 Å². The van der Waals surface area contributed by atoms with Crippen molar-refractivity contribution in [2.24, 2.45) is 0 Å². The third-order valence-corrected chi connectivity index (χ3v) is 3.17. The molecule has 1 unspecified atom stereocenters. The molecular formula is C10H18N2OS. The molecule has 0 spiro atoms. The number of aliphatic hydroxyl groups is 1. The third-order valence-electron chi connectivity index (χ3n) is 2.25. The smallest absolute Gasteiger partial charge is 0.0798 e. The second kappa shape index (κ2) is 5.44. The molecule has 1 N–H and O–H groups in total. The Bertz CT molecular complexity index is 275. The van der Waals surface area contributed by atoms with Crippen molar-refractivity contribution in [1.82, 2.24) is 9.88 Å². The fourth-order valence-electron chi connectivity index (χ4n) is 1.28. The molecule has 0 aliphatic carbocycles. The van der Waals surface area contributed by atoms with Crippen LogP contribution in [0.5, 0.6) is 0 Å². The molecular weight excluding hydrogens is 196 g/mol. The number of thiazole rings is 1. The number of aryl methyl sites for hydroxylation is 1. The van der Waals surface area contributed by atoms with E-state index >= 15 is 0 Å². The van der Waals surface area contributed by atoms with Gasteiger partial charge in [-0.3, -0.25) is 4.90 Å². The first-order valence-electron chi connectivity index (χ1n) is 4.89. The van der Waals surface area contributed by atoms with Gasteiger partial charge in [0.15, 0.2) is 0 Å². The maximum atomic E-state index is 9.47. The molecule has 0 fully saturated rings. The van der Waals surface area contributed by atoms with Gasteiger partial charge in [-0.05, 0) is 20.4 Å². The topological polar surface area (TPSA) is 36.4 Å². The number of nitrogens with zero attached hydrogens (tertiary/aromatic N) is 2. The number of likely N-dealkylation sites (N-methyl/N-ethyl adjacent to an activating group) is 1. The van der Waals surface area contributed by atoms with Crippen molar-refractivity contribution in [2.75, 3.05) is 13.6 Å². The zero-order valence-corrected chi connectivity index (χ0v) is 9.84. The highest BCUT2D eigenvalue weighted by Crippen LogP contribution is 2.14. The lowest BCUT2D eigenvalue weighted by atomic mass is 10.2. The van der Waals surface area contributed by atoms with Crippen molar-refractivity contribution in [3.63, 3.8) is 0 Å². The Balaban J connectivity index is 2.41. The van der Waals surface area contributed by atoms with Gasteiger partial charge in [0.25, 0.3) is 0 Å². The number of aromatic nitrogens is 1. The minimum absolute atomic E-state index is 0.215. The molecule has 0 amide bonds. The molecule has 14 heavy (non-hydrogen) atoms. The minimum atomic E-state index is -0.215. The zero-order valence-electron chi connectivity index (χ0n) is 9.03. The van der Waals surface area contributed by atoms with Crippen LogP contribution in [0.3, 0.4) is 0 Å². The first-order valence-corrected chi connectivity index (χ1v) is 5.77. The van der Waals surface area contributed by atoms with E-state index in [2.05, 4.69) is 9.88 Å². The molecule has 0 aliphatic heterocycles. The van der Waals surface area contributed by atoms with Crippen molar-refractivity contribution >= 4 is 11.3 Å². The predicted molar refractivity (Wildman–Crippen MR) is 59.5 cm³/mol. The molecule has 4 heteroatoms. The summed E-state index contributed by atoms with van der Waals surface area (Å²) in [5, 5.41) is 9.47. The Morgan fingerprint density at radius 3 is 2.86 bits per heavy atom. The van der Waals surface area contributed by atoms with E-state index in [0.717, 1.165) is 25.2 Å². The van der Waals surface area contributed by atoms with Crippen LogP contribution in [0, 0.1) is 6.92 Å². The van der Waals surface area contributed by atoms with Crippen molar-refractivity contribution in [3.05, 3.63) is 16.1 Å². The SMILES string of the molecule is CCC(O)CN(C)Cc1scnc1C. The van der Waals surface area contributed by atoms with E-state index in [-0.39, 0.29) is 6.10 Å². The number of hydrogen-bond acceptors (Lipinski definition) is 4. The molecule has 3 nitrogen and oxygen atoms in total. The molecule has 0 aliphatic rings. The van der Waals surface area contributed by atoms with E-state index in [1.54, 1.807) is 11.3 Å². The standard InChI is InChI=1S/C10H18N2OS/c1-4-9(13)5-12(3)6-10-8(2)11-7-14-10/h7,9,13H,4-6H2,1-3H3. The average molecular weight is 214 g/mol. The van der Waals surface area contributed by atoms with E-state index in [0.29, 0.717) is 0 Å². The van der Waals surface area contributed by atoms with Crippen LogP contribution in [-0.2, 0) is 6.54 Å². The van der Waals surface area contributed by atoms with Gasteiger partial charge in [0.1, 0.15) is 0 Å². The lowest BCUT2D eigenvalue weighted by Gasteiger charge is -2.18. The lowest BCUT2D eigenvalue weighted by Crippen LogP contribution is -2.28. The van der Waals surface area contributed by atoms with E-state index in [1.807, 2.05) is 26.4 Å². The summed E-state index contributed by atoms with van der Waals surface area (Å²) in [6.45, 7) is 5.63. The van der Waals surface area contributed by atoms with E-state index < -0.39 is 0 Å². The molecule has 1 aromatic rings. The number of aliphatic hydroxyl groups excluding tert-OH is 1. The Morgan fingerprint density at radius 1 is 1.64 bits per heavy atom. The van der Waals surface area contributed by atoms with Gasteiger partial charge in [-0.2, -0.15) is 0 Å². The van der Waals surface area contributed by atoms with Crippen LogP contribution >= 0.6 is 11.3 Å². The van der Waals surface area contributed by atoms with E-state index in [4.69, 9.17) is 0 Å². The van der Waals surface area contributed by atoms with Crippen LogP contribution in [0.4, 0.5) is 0 Å². The molecule has 0 radical (unpaired) electrons. The Morgan fingerprint density at radius 2 is 2.36 bits per heavy atom.